The topological polar surface area (TPSA) is 59.1 Å². The molecule has 0 aliphatic carbocycles. The molecular formula is C21H30N2O4. The van der Waals surface area contributed by atoms with Crippen molar-refractivity contribution in [2.45, 2.75) is 45.2 Å². The second-order valence-electron chi connectivity index (χ2n) is 7.30. The Kier molecular flexibility index (Phi) is 6.85. The molecule has 6 nitrogen and oxygen atoms in total. The molecule has 1 aromatic carbocycles. The Hall–Kier alpha value is -1.92. The third kappa shape index (κ3) is 4.87. The fraction of sp³-hybridized carbons (Fsp3) is 0.619. The van der Waals surface area contributed by atoms with Crippen molar-refractivity contribution < 1.29 is 19.1 Å². The number of piperazine rings is 1. The van der Waals surface area contributed by atoms with Gasteiger partial charge in [0.2, 0.25) is 0 Å². The molecule has 0 bridgehead atoms. The van der Waals surface area contributed by atoms with Gasteiger partial charge in [0.25, 0.3) is 5.91 Å². The molecule has 2 saturated heterocycles. The molecule has 0 aromatic heterocycles. The number of amides is 1. The number of ether oxygens (including phenoxy) is 2. The Labute approximate surface area is 161 Å². The maximum Gasteiger partial charge on any atom is 0.260 e. The molecule has 0 spiro atoms. The maximum absolute atomic E-state index is 12.6. The molecule has 6 heteroatoms. The van der Waals surface area contributed by atoms with Crippen LogP contribution >= 0.6 is 0 Å². The minimum absolute atomic E-state index is 0.000904. The highest BCUT2D eigenvalue weighted by Gasteiger charge is 2.36. The van der Waals surface area contributed by atoms with Gasteiger partial charge in [0.1, 0.15) is 5.75 Å². The fourth-order valence-corrected chi connectivity index (χ4v) is 3.92. The summed E-state index contributed by atoms with van der Waals surface area (Å²) in [5.41, 5.74) is 0.672. The number of Topliss-reactive ketones (excluding diaryl/α,β-unsaturated/α-hetero) is 1. The molecule has 0 unspecified atom stereocenters. The van der Waals surface area contributed by atoms with Crippen LogP contribution in [-0.2, 0) is 9.53 Å². The number of benzene rings is 1. The predicted octanol–water partition coefficient (Wildman–Crippen LogP) is 2.37. The zero-order chi connectivity index (χ0) is 19.2. The number of rotatable bonds is 7. The van der Waals surface area contributed by atoms with Gasteiger partial charge in [-0.05, 0) is 30.7 Å². The zero-order valence-electron chi connectivity index (χ0n) is 16.4. The van der Waals surface area contributed by atoms with E-state index in [4.69, 9.17) is 9.47 Å². The number of fused-ring (bicyclic) bond motifs is 1. The first-order valence-corrected chi connectivity index (χ1v) is 9.99. The molecular weight excluding hydrogens is 344 g/mol. The van der Waals surface area contributed by atoms with Gasteiger partial charge in [-0.15, -0.1) is 0 Å². The average Bonchev–Trinajstić information content (AvgIpc) is 2.72. The quantitative estimate of drug-likeness (QED) is 0.686. The molecule has 1 aromatic rings. The van der Waals surface area contributed by atoms with E-state index in [-0.39, 0.29) is 24.3 Å². The summed E-state index contributed by atoms with van der Waals surface area (Å²) in [5, 5.41) is 0. The monoisotopic (exact) mass is 374 g/mol. The van der Waals surface area contributed by atoms with Crippen LogP contribution in [0.1, 0.15) is 43.5 Å². The first-order chi connectivity index (χ1) is 13.1. The number of carbonyl (C=O) groups excluding carboxylic acids is 2. The van der Waals surface area contributed by atoms with Crippen LogP contribution < -0.4 is 4.74 Å². The minimum atomic E-state index is 0.000904. The van der Waals surface area contributed by atoms with Crippen molar-refractivity contribution in [1.29, 1.82) is 0 Å². The van der Waals surface area contributed by atoms with E-state index in [1.165, 1.54) is 0 Å². The Bertz CT molecular complexity index is 644. The van der Waals surface area contributed by atoms with E-state index in [1.54, 1.807) is 24.3 Å². The molecule has 2 atom stereocenters. The zero-order valence-corrected chi connectivity index (χ0v) is 16.4. The van der Waals surface area contributed by atoms with E-state index in [1.807, 2.05) is 11.8 Å². The summed E-state index contributed by atoms with van der Waals surface area (Å²) in [6, 6.07) is 7.76. The minimum Gasteiger partial charge on any atom is -0.484 e. The lowest BCUT2D eigenvalue weighted by molar-refractivity contribution is -0.142. The smallest absolute Gasteiger partial charge is 0.260 e. The van der Waals surface area contributed by atoms with Crippen molar-refractivity contribution in [1.82, 2.24) is 9.80 Å². The van der Waals surface area contributed by atoms with Crippen LogP contribution in [0.5, 0.6) is 5.75 Å². The van der Waals surface area contributed by atoms with Gasteiger partial charge in [0.05, 0.1) is 19.3 Å². The lowest BCUT2D eigenvalue weighted by Gasteiger charge is -2.48. The maximum atomic E-state index is 12.6. The van der Waals surface area contributed by atoms with E-state index < -0.39 is 0 Å². The number of ketones is 1. The Balaban J connectivity index is 1.50. The van der Waals surface area contributed by atoms with Crippen LogP contribution in [-0.4, -0.2) is 73.0 Å². The summed E-state index contributed by atoms with van der Waals surface area (Å²) in [5.74, 6) is 0.714. The van der Waals surface area contributed by atoms with Crippen LogP contribution in [0.25, 0.3) is 0 Å². The first kappa shape index (κ1) is 19.8. The summed E-state index contributed by atoms with van der Waals surface area (Å²) < 4.78 is 11.4. The van der Waals surface area contributed by atoms with Crippen LogP contribution in [0.3, 0.4) is 0 Å². The van der Waals surface area contributed by atoms with Gasteiger partial charge in [-0.3, -0.25) is 14.5 Å². The van der Waals surface area contributed by atoms with Crippen molar-refractivity contribution in [2.24, 2.45) is 0 Å². The third-order valence-electron chi connectivity index (χ3n) is 5.45. The van der Waals surface area contributed by atoms with Crippen molar-refractivity contribution in [3.8, 4) is 5.75 Å². The first-order valence-electron chi connectivity index (χ1n) is 9.99. The molecule has 0 saturated carbocycles. The predicted molar refractivity (Wildman–Crippen MR) is 103 cm³/mol. The Morgan fingerprint density at radius 2 is 1.93 bits per heavy atom. The summed E-state index contributed by atoms with van der Waals surface area (Å²) >= 11 is 0. The summed E-state index contributed by atoms with van der Waals surface area (Å²) in [6.07, 6.45) is 2.77. The lowest BCUT2D eigenvalue weighted by atomic mass is 10.0. The average molecular weight is 374 g/mol. The Morgan fingerprint density at radius 1 is 1.15 bits per heavy atom. The van der Waals surface area contributed by atoms with Gasteiger partial charge in [-0.1, -0.05) is 20.3 Å². The van der Waals surface area contributed by atoms with Crippen LogP contribution in [0.15, 0.2) is 24.3 Å². The van der Waals surface area contributed by atoms with Crippen LogP contribution in [0, 0.1) is 0 Å². The largest absolute Gasteiger partial charge is 0.484 e. The molecule has 27 heavy (non-hydrogen) atoms. The number of morpholine rings is 1. The normalized spacial score (nSPS) is 23.0. The molecule has 2 fully saturated rings. The second-order valence-corrected chi connectivity index (χ2v) is 7.30. The highest BCUT2D eigenvalue weighted by atomic mass is 16.5. The number of nitrogens with zero attached hydrogens (tertiary/aromatic N) is 2. The van der Waals surface area contributed by atoms with Crippen molar-refractivity contribution in [3.05, 3.63) is 29.8 Å². The summed E-state index contributed by atoms with van der Waals surface area (Å²) in [4.78, 5) is 28.6. The van der Waals surface area contributed by atoms with Crippen LogP contribution in [0.2, 0.25) is 0 Å². The van der Waals surface area contributed by atoms with Gasteiger partial charge in [-0.2, -0.15) is 0 Å². The van der Waals surface area contributed by atoms with E-state index in [2.05, 4.69) is 11.8 Å². The molecule has 2 heterocycles. The van der Waals surface area contributed by atoms with Crippen molar-refractivity contribution in [2.75, 3.05) is 39.5 Å². The summed E-state index contributed by atoms with van der Waals surface area (Å²) in [6.45, 7) is 7.90. The van der Waals surface area contributed by atoms with E-state index >= 15 is 0 Å². The number of hydrogen-bond donors (Lipinski definition) is 0. The van der Waals surface area contributed by atoms with Crippen LogP contribution in [0.4, 0.5) is 0 Å². The molecule has 0 N–H and O–H groups in total. The standard InChI is InChI=1S/C21H30N2O4/c1-3-5-17-13-26-14-18-12-22(10-11-23(17)18)21(25)15-27-19-8-6-16(7-9-19)20(24)4-2/h6-9,17-18H,3-5,10-15H2,1-2H3/t17-,18+/m0/s1. The fourth-order valence-electron chi connectivity index (χ4n) is 3.92. The SMILES string of the molecule is CCC[C@H]1COC[C@H]2CN(C(=O)COc3ccc(C(=O)CC)cc3)CCN12. The molecule has 0 radical (unpaired) electrons. The third-order valence-corrected chi connectivity index (χ3v) is 5.45. The number of carbonyl (C=O) groups is 2. The molecule has 3 rings (SSSR count). The molecule has 2 aliphatic heterocycles. The summed E-state index contributed by atoms with van der Waals surface area (Å²) in [7, 11) is 0. The van der Waals surface area contributed by atoms with Gasteiger partial charge < -0.3 is 14.4 Å². The molecule has 2 aliphatic rings. The van der Waals surface area contributed by atoms with E-state index in [0.29, 0.717) is 36.9 Å². The highest BCUT2D eigenvalue weighted by molar-refractivity contribution is 5.95. The van der Waals surface area contributed by atoms with E-state index in [9.17, 15) is 9.59 Å². The van der Waals surface area contributed by atoms with Gasteiger partial charge in [0.15, 0.2) is 12.4 Å². The van der Waals surface area contributed by atoms with Crippen molar-refractivity contribution in [3.63, 3.8) is 0 Å². The van der Waals surface area contributed by atoms with Gasteiger partial charge in [0, 0.05) is 37.7 Å². The number of hydrogen-bond acceptors (Lipinski definition) is 5. The molecule has 1 amide bonds. The van der Waals surface area contributed by atoms with Gasteiger partial charge in [-0.25, -0.2) is 0 Å². The van der Waals surface area contributed by atoms with Crippen molar-refractivity contribution >= 4 is 11.7 Å². The highest BCUT2D eigenvalue weighted by Crippen LogP contribution is 2.22. The van der Waals surface area contributed by atoms with Gasteiger partial charge >= 0.3 is 0 Å². The van der Waals surface area contributed by atoms with E-state index in [0.717, 1.165) is 32.5 Å². The second kappa shape index (κ2) is 9.33. The Morgan fingerprint density at radius 3 is 2.63 bits per heavy atom. The lowest BCUT2D eigenvalue weighted by Crippen LogP contribution is -2.63. The molecule has 148 valence electrons.